The number of ether oxygens (including phenoxy) is 2. The largest absolute Gasteiger partial charge is 0.466 e. The first-order valence-electron chi connectivity index (χ1n) is 10.9. The Hall–Kier alpha value is -1.06. The van der Waals surface area contributed by atoms with Crippen LogP contribution in [0.3, 0.4) is 0 Å². The summed E-state index contributed by atoms with van der Waals surface area (Å²) < 4.78 is 10.8. The lowest BCUT2D eigenvalue weighted by molar-refractivity contribution is -0.150. The number of carbonyl (C=O) groups excluding carboxylic acids is 2. The zero-order chi connectivity index (χ0) is 19.6. The van der Waals surface area contributed by atoms with Crippen LogP contribution in [0.25, 0.3) is 0 Å². The lowest BCUT2D eigenvalue weighted by atomic mass is 9.95. The van der Waals surface area contributed by atoms with Gasteiger partial charge in [0.1, 0.15) is 6.10 Å². The molecule has 0 fully saturated rings. The first-order chi connectivity index (χ1) is 12.6. The maximum absolute atomic E-state index is 12.0. The van der Waals surface area contributed by atoms with E-state index in [9.17, 15) is 9.59 Å². The number of carbonyl (C=O) groups is 2. The van der Waals surface area contributed by atoms with Crippen molar-refractivity contribution in [2.45, 2.75) is 117 Å². The standard InChI is InChI=1S/C22H42O4/c1-5-9-10-11-12-18-25-21(23)14-13-15-22(24)26-20(8-4)17-16-19(6-2)7-3/h19-20H,5-18H2,1-4H3. The topological polar surface area (TPSA) is 52.6 Å². The van der Waals surface area contributed by atoms with E-state index in [0.29, 0.717) is 25.9 Å². The minimum atomic E-state index is -0.200. The third-order valence-corrected chi connectivity index (χ3v) is 5.08. The van der Waals surface area contributed by atoms with Crippen LogP contribution in [0, 0.1) is 5.92 Å². The van der Waals surface area contributed by atoms with Crippen LogP contribution < -0.4 is 0 Å². The summed E-state index contributed by atoms with van der Waals surface area (Å²) in [5.74, 6) is 0.335. The Morgan fingerprint density at radius 2 is 1.38 bits per heavy atom. The van der Waals surface area contributed by atoms with Gasteiger partial charge in [0.05, 0.1) is 6.61 Å². The predicted molar refractivity (Wildman–Crippen MR) is 107 cm³/mol. The fourth-order valence-electron chi connectivity index (χ4n) is 3.05. The Labute approximate surface area is 161 Å². The van der Waals surface area contributed by atoms with Gasteiger partial charge in [-0.05, 0) is 38.0 Å². The maximum Gasteiger partial charge on any atom is 0.306 e. The number of rotatable bonds is 17. The van der Waals surface area contributed by atoms with Crippen molar-refractivity contribution in [1.82, 2.24) is 0 Å². The van der Waals surface area contributed by atoms with Crippen molar-refractivity contribution in [3.63, 3.8) is 0 Å². The molecule has 0 rings (SSSR count). The molecule has 0 amide bonds. The highest BCUT2D eigenvalue weighted by atomic mass is 16.5. The summed E-state index contributed by atoms with van der Waals surface area (Å²) >= 11 is 0. The normalized spacial score (nSPS) is 12.2. The van der Waals surface area contributed by atoms with Gasteiger partial charge in [-0.15, -0.1) is 0 Å². The van der Waals surface area contributed by atoms with Crippen molar-refractivity contribution in [2.75, 3.05) is 6.61 Å². The summed E-state index contributed by atoms with van der Waals surface area (Å²) in [6.45, 7) is 9.17. The molecule has 0 saturated heterocycles. The number of hydrogen-bond acceptors (Lipinski definition) is 4. The van der Waals surface area contributed by atoms with Gasteiger partial charge >= 0.3 is 11.9 Å². The Bertz CT molecular complexity index is 350. The molecule has 0 aromatic rings. The molecule has 0 radical (unpaired) electrons. The van der Waals surface area contributed by atoms with Crippen LogP contribution in [0.2, 0.25) is 0 Å². The van der Waals surface area contributed by atoms with E-state index in [1.54, 1.807) is 0 Å². The van der Waals surface area contributed by atoms with Gasteiger partial charge in [0.15, 0.2) is 0 Å². The highest BCUT2D eigenvalue weighted by Gasteiger charge is 2.15. The van der Waals surface area contributed by atoms with Crippen LogP contribution in [0.1, 0.15) is 111 Å². The van der Waals surface area contributed by atoms with E-state index >= 15 is 0 Å². The molecule has 4 nitrogen and oxygen atoms in total. The van der Waals surface area contributed by atoms with E-state index in [0.717, 1.165) is 38.0 Å². The molecule has 154 valence electrons. The third kappa shape index (κ3) is 14.1. The minimum Gasteiger partial charge on any atom is -0.466 e. The SMILES string of the molecule is CCCCCCCOC(=O)CCCC(=O)OC(CC)CCC(CC)CC. The summed E-state index contributed by atoms with van der Waals surface area (Å²) in [6.07, 6.45) is 12.1. The first-order valence-corrected chi connectivity index (χ1v) is 10.9. The molecule has 1 atom stereocenters. The molecule has 0 heterocycles. The average molecular weight is 371 g/mol. The van der Waals surface area contributed by atoms with Gasteiger partial charge in [0.25, 0.3) is 0 Å². The summed E-state index contributed by atoms with van der Waals surface area (Å²) in [4.78, 5) is 23.6. The van der Waals surface area contributed by atoms with E-state index < -0.39 is 0 Å². The lowest BCUT2D eigenvalue weighted by Crippen LogP contribution is -2.19. The molecule has 0 saturated carbocycles. The second-order valence-electron chi connectivity index (χ2n) is 7.27. The second kappa shape index (κ2) is 17.4. The minimum absolute atomic E-state index is 0.0122. The molecule has 0 aliphatic heterocycles. The second-order valence-corrected chi connectivity index (χ2v) is 7.27. The van der Waals surface area contributed by atoms with E-state index in [2.05, 4.69) is 27.7 Å². The fourth-order valence-corrected chi connectivity index (χ4v) is 3.05. The highest BCUT2D eigenvalue weighted by Crippen LogP contribution is 2.19. The van der Waals surface area contributed by atoms with Crippen LogP contribution in [0.4, 0.5) is 0 Å². The van der Waals surface area contributed by atoms with Crippen molar-refractivity contribution < 1.29 is 19.1 Å². The molecule has 0 aliphatic rings. The average Bonchev–Trinajstić information content (AvgIpc) is 2.64. The molecule has 0 aromatic heterocycles. The number of unbranched alkanes of at least 4 members (excludes halogenated alkanes) is 4. The highest BCUT2D eigenvalue weighted by molar-refractivity contribution is 5.72. The summed E-state index contributed by atoms with van der Waals surface area (Å²) in [5.41, 5.74) is 0. The predicted octanol–water partition coefficient (Wildman–Crippen LogP) is 6.21. The molecule has 0 spiro atoms. The molecule has 0 bridgehead atoms. The third-order valence-electron chi connectivity index (χ3n) is 5.08. The Kier molecular flexibility index (Phi) is 16.7. The molecule has 4 heteroatoms. The summed E-state index contributed by atoms with van der Waals surface area (Å²) in [7, 11) is 0. The van der Waals surface area contributed by atoms with Gasteiger partial charge in [-0.25, -0.2) is 0 Å². The Morgan fingerprint density at radius 3 is 2.00 bits per heavy atom. The zero-order valence-electron chi connectivity index (χ0n) is 17.7. The van der Waals surface area contributed by atoms with Crippen molar-refractivity contribution >= 4 is 11.9 Å². The molecular weight excluding hydrogens is 328 g/mol. The molecule has 26 heavy (non-hydrogen) atoms. The lowest BCUT2D eigenvalue weighted by Gasteiger charge is -2.19. The molecular formula is C22H42O4. The van der Waals surface area contributed by atoms with Gasteiger partial charge in [-0.2, -0.15) is 0 Å². The Balaban J connectivity index is 3.77. The van der Waals surface area contributed by atoms with Crippen molar-refractivity contribution in [3.05, 3.63) is 0 Å². The first kappa shape index (κ1) is 24.9. The molecule has 0 N–H and O–H groups in total. The van der Waals surface area contributed by atoms with E-state index in [-0.39, 0.29) is 18.0 Å². The monoisotopic (exact) mass is 370 g/mol. The van der Waals surface area contributed by atoms with Crippen LogP contribution in [0.15, 0.2) is 0 Å². The van der Waals surface area contributed by atoms with Crippen LogP contribution in [-0.2, 0) is 19.1 Å². The van der Waals surface area contributed by atoms with Crippen LogP contribution >= 0.6 is 0 Å². The smallest absolute Gasteiger partial charge is 0.306 e. The summed E-state index contributed by atoms with van der Waals surface area (Å²) in [5, 5.41) is 0. The van der Waals surface area contributed by atoms with Crippen molar-refractivity contribution in [1.29, 1.82) is 0 Å². The van der Waals surface area contributed by atoms with E-state index in [4.69, 9.17) is 9.47 Å². The van der Waals surface area contributed by atoms with Crippen LogP contribution in [-0.4, -0.2) is 24.6 Å². The maximum atomic E-state index is 12.0. The number of esters is 2. The van der Waals surface area contributed by atoms with Gasteiger partial charge in [-0.1, -0.05) is 66.2 Å². The fraction of sp³-hybridized carbons (Fsp3) is 0.909. The summed E-state index contributed by atoms with van der Waals surface area (Å²) in [6, 6.07) is 0. The van der Waals surface area contributed by atoms with Gasteiger partial charge < -0.3 is 9.47 Å². The van der Waals surface area contributed by atoms with Crippen molar-refractivity contribution in [2.24, 2.45) is 5.92 Å². The number of hydrogen-bond donors (Lipinski definition) is 0. The van der Waals surface area contributed by atoms with Gasteiger partial charge in [0.2, 0.25) is 0 Å². The van der Waals surface area contributed by atoms with Gasteiger partial charge in [-0.3, -0.25) is 9.59 Å². The molecule has 0 aromatic carbocycles. The zero-order valence-corrected chi connectivity index (χ0v) is 17.7. The Morgan fingerprint density at radius 1 is 0.731 bits per heavy atom. The molecule has 1 unspecified atom stereocenters. The van der Waals surface area contributed by atoms with Crippen LogP contribution in [0.5, 0.6) is 0 Å². The van der Waals surface area contributed by atoms with Gasteiger partial charge in [0, 0.05) is 12.8 Å². The van der Waals surface area contributed by atoms with E-state index in [1.807, 2.05) is 0 Å². The van der Waals surface area contributed by atoms with E-state index in [1.165, 1.54) is 32.1 Å². The van der Waals surface area contributed by atoms with Crippen molar-refractivity contribution in [3.8, 4) is 0 Å². The molecule has 0 aliphatic carbocycles. The quantitative estimate of drug-likeness (QED) is 0.226.